The van der Waals surface area contributed by atoms with Gasteiger partial charge in [0.05, 0.1) is 0 Å². The van der Waals surface area contributed by atoms with Crippen LogP contribution in [0.4, 0.5) is 13.2 Å². The molecule has 0 amide bonds. The number of halogens is 3. The molecule has 5 heteroatoms. The van der Waals surface area contributed by atoms with Gasteiger partial charge >= 0.3 is 6.18 Å². The lowest BCUT2D eigenvalue weighted by atomic mass is 10.1. The summed E-state index contributed by atoms with van der Waals surface area (Å²) in [4.78, 5) is 11.0. The van der Waals surface area contributed by atoms with E-state index in [0.29, 0.717) is 6.54 Å². The Balaban J connectivity index is 1.89. The zero-order valence-electron chi connectivity index (χ0n) is 10.7. The van der Waals surface area contributed by atoms with Gasteiger partial charge in [-0.15, -0.1) is 0 Å². The fourth-order valence-electron chi connectivity index (χ4n) is 1.99. The molecular formula is C15H14F3NO. The van der Waals surface area contributed by atoms with E-state index in [9.17, 15) is 18.0 Å². The number of rotatable bonds is 5. The molecule has 0 saturated heterocycles. The molecule has 0 aliphatic heterocycles. The lowest BCUT2D eigenvalue weighted by molar-refractivity contribution is -0.0885. The van der Waals surface area contributed by atoms with Gasteiger partial charge in [0, 0.05) is 24.5 Å². The van der Waals surface area contributed by atoms with Crippen LogP contribution in [0.1, 0.15) is 22.3 Å². The van der Waals surface area contributed by atoms with Crippen LogP contribution in [0, 0.1) is 0 Å². The highest BCUT2D eigenvalue weighted by Crippen LogP contribution is 2.21. The van der Waals surface area contributed by atoms with Gasteiger partial charge in [0.25, 0.3) is 5.78 Å². The second-order valence-electron chi connectivity index (χ2n) is 4.55. The Morgan fingerprint density at radius 1 is 1.10 bits per heavy atom. The van der Waals surface area contributed by atoms with Crippen LogP contribution in [0.15, 0.2) is 48.8 Å². The van der Waals surface area contributed by atoms with Crippen molar-refractivity contribution in [1.29, 1.82) is 0 Å². The van der Waals surface area contributed by atoms with E-state index in [1.807, 2.05) is 30.3 Å². The molecule has 0 fully saturated rings. The summed E-state index contributed by atoms with van der Waals surface area (Å²) in [6.07, 6.45) is -0.402. The molecule has 0 radical (unpaired) electrons. The molecule has 0 N–H and O–H groups in total. The Bertz CT molecular complexity index is 572. The van der Waals surface area contributed by atoms with E-state index in [1.54, 1.807) is 4.57 Å². The van der Waals surface area contributed by atoms with E-state index < -0.39 is 12.0 Å². The molecule has 0 spiro atoms. The van der Waals surface area contributed by atoms with Crippen LogP contribution in [0.5, 0.6) is 0 Å². The zero-order chi connectivity index (χ0) is 14.6. The van der Waals surface area contributed by atoms with Crippen LogP contribution < -0.4 is 0 Å². The Hall–Kier alpha value is -2.04. The molecule has 0 aliphatic rings. The van der Waals surface area contributed by atoms with Crippen molar-refractivity contribution in [2.45, 2.75) is 25.6 Å². The molecule has 106 valence electrons. The van der Waals surface area contributed by atoms with Gasteiger partial charge in [0.2, 0.25) is 0 Å². The third-order valence-electron chi connectivity index (χ3n) is 2.99. The fraction of sp³-hybridized carbons (Fsp3) is 0.267. The summed E-state index contributed by atoms with van der Waals surface area (Å²) in [5.74, 6) is -1.79. The third-order valence-corrected chi connectivity index (χ3v) is 2.99. The van der Waals surface area contributed by atoms with E-state index in [2.05, 4.69) is 0 Å². The number of aromatic nitrogens is 1. The first-order chi connectivity index (χ1) is 9.47. The van der Waals surface area contributed by atoms with Crippen LogP contribution >= 0.6 is 0 Å². The molecule has 0 unspecified atom stereocenters. The number of aryl methyl sites for hydroxylation is 2. The Labute approximate surface area is 114 Å². The van der Waals surface area contributed by atoms with E-state index in [-0.39, 0.29) is 5.56 Å². The average Bonchev–Trinajstić information content (AvgIpc) is 2.87. The average molecular weight is 281 g/mol. The summed E-state index contributed by atoms with van der Waals surface area (Å²) < 4.78 is 38.4. The number of hydrogen-bond donors (Lipinski definition) is 0. The monoisotopic (exact) mass is 281 g/mol. The van der Waals surface area contributed by atoms with Crippen molar-refractivity contribution in [2.24, 2.45) is 0 Å². The summed E-state index contributed by atoms with van der Waals surface area (Å²) in [7, 11) is 0. The SMILES string of the molecule is O=C(c1ccn(CCCc2ccccc2)c1)C(F)(F)F. The van der Waals surface area contributed by atoms with Gasteiger partial charge in [-0.25, -0.2) is 0 Å². The number of Topliss-reactive ketones (excluding diaryl/α,β-unsaturated/α-hetero) is 1. The first-order valence-electron chi connectivity index (χ1n) is 6.28. The molecule has 1 aromatic heterocycles. The first-order valence-corrected chi connectivity index (χ1v) is 6.28. The molecule has 2 nitrogen and oxygen atoms in total. The normalized spacial score (nSPS) is 11.6. The van der Waals surface area contributed by atoms with Crippen LogP contribution in [-0.2, 0) is 13.0 Å². The molecule has 1 aromatic carbocycles. The topological polar surface area (TPSA) is 22.0 Å². The van der Waals surface area contributed by atoms with Crippen molar-refractivity contribution < 1.29 is 18.0 Å². The zero-order valence-corrected chi connectivity index (χ0v) is 10.7. The maximum absolute atomic E-state index is 12.3. The van der Waals surface area contributed by atoms with Gasteiger partial charge in [-0.05, 0) is 24.5 Å². The van der Waals surface area contributed by atoms with Crippen molar-refractivity contribution >= 4 is 5.78 Å². The standard InChI is InChI=1S/C15H14F3NO/c16-15(17,18)14(20)13-8-10-19(11-13)9-4-7-12-5-2-1-3-6-12/h1-3,5-6,8,10-11H,4,7,9H2. The highest BCUT2D eigenvalue weighted by atomic mass is 19.4. The fourth-order valence-corrected chi connectivity index (χ4v) is 1.99. The molecule has 0 bridgehead atoms. The molecule has 2 rings (SSSR count). The number of alkyl halides is 3. The number of hydrogen-bond acceptors (Lipinski definition) is 1. The molecule has 0 atom stereocenters. The summed E-state index contributed by atoms with van der Waals surface area (Å²) in [6.45, 7) is 0.583. The lowest BCUT2D eigenvalue weighted by Crippen LogP contribution is -2.22. The van der Waals surface area contributed by atoms with Crippen LogP contribution in [0.25, 0.3) is 0 Å². The van der Waals surface area contributed by atoms with Gasteiger partial charge in [0.15, 0.2) is 0 Å². The largest absolute Gasteiger partial charge is 0.454 e. The lowest BCUT2D eigenvalue weighted by Gasteiger charge is -2.04. The quantitative estimate of drug-likeness (QED) is 0.763. The van der Waals surface area contributed by atoms with E-state index in [0.717, 1.165) is 12.8 Å². The van der Waals surface area contributed by atoms with Gasteiger partial charge in [-0.2, -0.15) is 13.2 Å². The second-order valence-corrected chi connectivity index (χ2v) is 4.55. The number of benzene rings is 1. The Kier molecular flexibility index (Phi) is 4.27. The number of nitrogens with zero attached hydrogens (tertiary/aromatic N) is 1. The van der Waals surface area contributed by atoms with Crippen molar-refractivity contribution in [2.75, 3.05) is 0 Å². The molecule has 20 heavy (non-hydrogen) atoms. The Morgan fingerprint density at radius 2 is 1.80 bits per heavy atom. The first kappa shape index (κ1) is 14.4. The summed E-state index contributed by atoms with van der Waals surface area (Å²) in [5.41, 5.74) is 0.878. The molecule has 1 heterocycles. The highest BCUT2D eigenvalue weighted by molar-refractivity contribution is 6.00. The summed E-state index contributed by atoms with van der Waals surface area (Å²) in [6, 6.07) is 11.1. The molecule has 0 saturated carbocycles. The van der Waals surface area contributed by atoms with E-state index >= 15 is 0 Å². The van der Waals surface area contributed by atoms with Crippen molar-refractivity contribution in [3.05, 3.63) is 59.9 Å². The maximum Gasteiger partial charge on any atom is 0.454 e. The number of ketones is 1. The smallest absolute Gasteiger partial charge is 0.353 e. The second kappa shape index (κ2) is 5.94. The third kappa shape index (κ3) is 3.73. The van der Waals surface area contributed by atoms with Crippen LogP contribution in [-0.4, -0.2) is 16.5 Å². The predicted molar refractivity (Wildman–Crippen MR) is 69.6 cm³/mol. The van der Waals surface area contributed by atoms with Crippen molar-refractivity contribution in [3.8, 4) is 0 Å². The van der Waals surface area contributed by atoms with Gasteiger partial charge < -0.3 is 4.57 Å². The van der Waals surface area contributed by atoms with Gasteiger partial charge in [0.1, 0.15) is 0 Å². The minimum absolute atomic E-state index is 0.308. The minimum Gasteiger partial charge on any atom is -0.353 e. The number of carbonyl (C=O) groups is 1. The van der Waals surface area contributed by atoms with E-state index in [1.165, 1.54) is 24.0 Å². The minimum atomic E-state index is -4.81. The summed E-state index contributed by atoms with van der Waals surface area (Å²) in [5, 5.41) is 0. The van der Waals surface area contributed by atoms with Gasteiger partial charge in [-0.3, -0.25) is 4.79 Å². The maximum atomic E-state index is 12.3. The molecule has 0 aliphatic carbocycles. The van der Waals surface area contributed by atoms with Gasteiger partial charge in [-0.1, -0.05) is 30.3 Å². The number of carbonyl (C=O) groups excluding carboxylic acids is 1. The van der Waals surface area contributed by atoms with Crippen molar-refractivity contribution in [1.82, 2.24) is 4.57 Å². The van der Waals surface area contributed by atoms with Crippen molar-refractivity contribution in [3.63, 3.8) is 0 Å². The van der Waals surface area contributed by atoms with E-state index in [4.69, 9.17) is 0 Å². The summed E-state index contributed by atoms with van der Waals surface area (Å²) >= 11 is 0. The Morgan fingerprint density at radius 3 is 2.45 bits per heavy atom. The molecule has 2 aromatic rings. The highest BCUT2D eigenvalue weighted by Gasteiger charge is 2.39. The molecular weight excluding hydrogens is 267 g/mol. The van der Waals surface area contributed by atoms with Crippen LogP contribution in [0.3, 0.4) is 0 Å². The van der Waals surface area contributed by atoms with Crippen LogP contribution in [0.2, 0.25) is 0 Å². The predicted octanol–water partition coefficient (Wildman–Crippen LogP) is 3.87.